The van der Waals surface area contributed by atoms with Crippen LogP contribution < -0.4 is 5.32 Å². The fourth-order valence-corrected chi connectivity index (χ4v) is 1.75. The van der Waals surface area contributed by atoms with Crippen LogP contribution in [0.15, 0.2) is 0 Å². The molecule has 2 N–H and O–H groups in total. The van der Waals surface area contributed by atoms with E-state index in [-0.39, 0.29) is 17.9 Å². The van der Waals surface area contributed by atoms with E-state index in [9.17, 15) is 4.79 Å². The number of hydrogen-bond donors (Lipinski definition) is 2. The molecule has 1 amide bonds. The maximum Gasteiger partial charge on any atom is 0.220 e. The highest BCUT2D eigenvalue weighted by atomic mass is 16.3. The summed E-state index contributed by atoms with van der Waals surface area (Å²) < 4.78 is 0. The second kappa shape index (κ2) is 5.50. The van der Waals surface area contributed by atoms with E-state index in [0.29, 0.717) is 12.3 Å². The van der Waals surface area contributed by atoms with Gasteiger partial charge in [0.25, 0.3) is 0 Å². The van der Waals surface area contributed by atoms with Crippen molar-refractivity contribution in [3.8, 4) is 0 Å². The van der Waals surface area contributed by atoms with Gasteiger partial charge in [0.15, 0.2) is 0 Å². The van der Waals surface area contributed by atoms with Crippen molar-refractivity contribution >= 4 is 5.91 Å². The number of hydrogen-bond acceptors (Lipinski definition) is 2. The average Bonchev–Trinajstić information content (AvgIpc) is 2.96. The van der Waals surface area contributed by atoms with Gasteiger partial charge < -0.3 is 10.4 Å². The molecule has 1 unspecified atom stereocenters. The molecule has 0 heterocycles. The maximum atomic E-state index is 11.5. The van der Waals surface area contributed by atoms with Crippen molar-refractivity contribution in [1.82, 2.24) is 5.32 Å². The molecule has 3 nitrogen and oxygen atoms in total. The van der Waals surface area contributed by atoms with Gasteiger partial charge in [0.2, 0.25) is 5.91 Å². The molecule has 0 aromatic heterocycles. The van der Waals surface area contributed by atoms with E-state index in [1.165, 1.54) is 0 Å². The summed E-state index contributed by atoms with van der Waals surface area (Å²) >= 11 is 0. The first-order chi connectivity index (χ1) is 7.12. The van der Waals surface area contributed by atoms with Gasteiger partial charge in [0.05, 0.1) is 0 Å². The molecule has 0 aromatic carbocycles. The standard InChI is InChI=1S/C12H23NO2/c1-3-10(2)8-11(15)13-9-12(4-5-12)6-7-14/h10,14H,3-9H2,1-2H3,(H,13,15). The third-order valence-electron chi connectivity index (χ3n) is 3.49. The molecule has 0 aromatic rings. The summed E-state index contributed by atoms with van der Waals surface area (Å²) in [5.74, 6) is 0.631. The molecule has 15 heavy (non-hydrogen) atoms. The lowest BCUT2D eigenvalue weighted by Crippen LogP contribution is -2.31. The van der Waals surface area contributed by atoms with Gasteiger partial charge in [-0.3, -0.25) is 4.79 Å². The van der Waals surface area contributed by atoms with E-state index in [2.05, 4.69) is 19.2 Å². The van der Waals surface area contributed by atoms with Gasteiger partial charge in [-0.15, -0.1) is 0 Å². The Balaban J connectivity index is 2.16. The van der Waals surface area contributed by atoms with Crippen molar-refractivity contribution in [1.29, 1.82) is 0 Å². The SMILES string of the molecule is CCC(C)CC(=O)NCC1(CCO)CC1. The van der Waals surface area contributed by atoms with Gasteiger partial charge in [-0.2, -0.15) is 0 Å². The van der Waals surface area contributed by atoms with Gasteiger partial charge in [-0.1, -0.05) is 20.3 Å². The molecule has 1 saturated carbocycles. The molecule has 0 spiro atoms. The Morgan fingerprint density at radius 1 is 1.53 bits per heavy atom. The maximum absolute atomic E-state index is 11.5. The van der Waals surface area contributed by atoms with Crippen molar-refractivity contribution in [3.63, 3.8) is 0 Å². The lowest BCUT2D eigenvalue weighted by Gasteiger charge is -2.15. The molecular weight excluding hydrogens is 190 g/mol. The van der Waals surface area contributed by atoms with Crippen LogP contribution in [0.25, 0.3) is 0 Å². The highest BCUT2D eigenvalue weighted by molar-refractivity contribution is 5.76. The molecule has 88 valence electrons. The van der Waals surface area contributed by atoms with E-state index in [1.54, 1.807) is 0 Å². The van der Waals surface area contributed by atoms with Crippen LogP contribution in [-0.2, 0) is 4.79 Å². The number of carbonyl (C=O) groups excluding carboxylic acids is 1. The van der Waals surface area contributed by atoms with Gasteiger partial charge in [0, 0.05) is 19.6 Å². The first-order valence-corrected chi connectivity index (χ1v) is 5.99. The van der Waals surface area contributed by atoms with Crippen LogP contribution in [0.4, 0.5) is 0 Å². The van der Waals surface area contributed by atoms with E-state index in [1.807, 2.05) is 0 Å². The normalized spacial score (nSPS) is 19.7. The predicted molar refractivity (Wildman–Crippen MR) is 60.5 cm³/mol. The molecule has 1 rings (SSSR count). The van der Waals surface area contributed by atoms with Gasteiger partial charge in [-0.05, 0) is 30.6 Å². The highest BCUT2D eigenvalue weighted by Crippen LogP contribution is 2.47. The molecule has 0 aliphatic heterocycles. The Morgan fingerprint density at radius 2 is 2.20 bits per heavy atom. The molecule has 3 heteroatoms. The zero-order valence-corrected chi connectivity index (χ0v) is 9.88. The molecule has 1 aliphatic carbocycles. The van der Waals surface area contributed by atoms with Gasteiger partial charge >= 0.3 is 0 Å². The molecule has 0 bridgehead atoms. The third kappa shape index (κ3) is 4.20. The first kappa shape index (κ1) is 12.5. The lowest BCUT2D eigenvalue weighted by molar-refractivity contribution is -0.122. The zero-order valence-electron chi connectivity index (χ0n) is 9.88. The first-order valence-electron chi connectivity index (χ1n) is 5.99. The lowest BCUT2D eigenvalue weighted by atomic mass is 10.0. The van der Waals surface area contributed by atoms with Crippen molar-refractivity contribution in [2.24, 2.45) is 11.3 Å². The number of aliphatic hydroxyl groups excluding tert-OH is 1. The topological polar surface area (TPSA) is 49.3 Å². The fourth-order valence-electron chi connectivity index (χ4n) is 1.75. The van der Waals surface area contributed by atoms with Crippen LogP contribution >= 0.6 is 0 Å². The summed E-state index contributed by atoms with van der Waals surface area (Å²) in [5, 5.41) is 11.9. The number of amides is 1. The summed E-state index contributed by atoms with van der Waals surface area (Å²) in [5.41, 5.74) is 0.236. The molecule has 1 fully saturated rings. The van der Waals surface area contributed by atoms with Crippen LogP contribution in [0.3, 0.4) is 0 Å². The predicted octanol–water partition coefficient (Wildman–Crippen LogP) is 1.70. The van der Waals surface area contributed by atoms with E-state index < -0.39 is 0 Å². The second-order valence-corrected chi connectivity index (χ2v) is 4.97. The fraction of sp³-hybridized carbons (Fsp3) is 0.917. The van der Waals surface area contributed by atoms with Crippen LogP contribution in [0, 0.1) is 11.3 Å². The monoisotopic (exact) mass is 213 g/mol. The Morgan fingerprint density at radius 3 is 2.67 bits per heavy atom. The minimum Gasteiger partial charge on any atom is -0.396 e. The Bertz CT molecular complexity index is 212. The summed E-state index contributed by atoms with van der Waals surface area (Å²) in [4.78, 5) is 11.5. The molecular formula is C12H23NO2. The average molecular weight is 213 g/mol. The van der Waals surface area contributed by atoms with Crippen LogP contribution in [0.5, 0.6) is 0 Å². The quantitative estimate of drug-likeness (QED) is 0.676. The Hall–Kier alpha value is -0.570. The van der Waals surface area contributed by atoms with Crippen molar-refractivity contribution in [2.75, 3.05) is 13.2 Å². The molecule has 0 saturated heterocycles. The van der Waals surface area contributed by atoms with Crippen molar-refractivity contribution < 1.29 is 9.90 Å². The van der Waals surface area contributed by atoms with E-state index in [4.69, 9.17) is 5.11 Å². The second-order valence-electron chi connectivity index (χ2n) is 4.97. The summed E-state index contributed by atoms with van der Waals surface area (Å²) in [6.45, 7) is 5.19. The minimum absolute atomic E-state index is 0.161. The number of nitrogens with one attached hydrogen (secondary N) is 1. The van der Waals surface area contributed by atoms with Crippen molar-refractivity contribution in [3.05, 3.63) is 0 Å². The molecule has 1 aliphatic rings. The van der Waals surface area contributed by atoms with E-state index >= 15 is 0 Å². The highest BCUT2D eigenvalue weighted by Gasteiger charge is 2.41. The third-order valence-corrected chi connectivity index (χ3v) is 3.49. The zero-order chi connectivity index (χ0) is 11.3. The van der Waals surface area contributed by atoms with E-state index in [0.717, 1.165) is 32.2 Å². The Kier molecular flexibility index (Phi) is 4.58. The molecule has 1 atom stereocenters. The minimum atomic E-state index is 0.161. The van der Waals surface area contributed by atoms with Crippen molar-refractivity contribution in [2.45, 2.75) is 46.0 Å². The summed E-state index contributed by atoms with van der Waals surface area (Å²) in [7, 11) is 0. The summed E-state index contributed by atoms with van der Waals surface area (Å²) in [6.07, 6.45) is 4.81. The number of rotatable bonds is 7. The van der Waals surface area contributed by atoms with Crippen LogP contribution in [0.1, 0.15) is 46.0 Å². The van der Waals surface area contributed by atoms with Gasteiger partial charge in [-0.25, -0.2) is 0 Å². The van der Waals surface area contributed by atoms with Crippen LogP contribution in [-0.4, -0.2) is 24.2 Å². The van der Waals surface area contributed by atoms with Gasteiger partial charge in [0.1, 0.15) is 0 Å². The number of aliphatic hydroxyl groups is 1. The summed E-state index contributed by atoms with van der Waals surface area (Å²) in [6, 6.07) is 0. The molecule has 0 radical (unpaired) electrons. The smallest absolute Gasteiger partial charge is 0.220 e. The van der Waals surface area contributed by atoms with Crippen LogP contribution in [0.2, 0.25) is 0 Å². The number of carbonyl (C=O) groups is 1. The Labute approximate surface area is 92.3 Å². The largest absolute Gasteiger partial charge is 0.396 e.